The topological polar surface area (TPSA) is 51.2 Å². The Balaban J connectivity index is 1.54. The Morgan fingerprint density at radius 2 is 2.14 bits per heavy atom. The largest absolute Gasteiger partial charge is 0.486 e. The summed E-state index contributed by atoms with van der Waals surface area (Å²) in [6.45, 7) is 2.48. The van der Waals surface area contributed by atoms with E-state index in [1.54, 1.807) is 29.8 Å². The maximum absolute atomic E-state index is 14.7. The lowest BCUT2D eigenvalue weighted by molar-refractivity contribution is -0.115. The summed E-state index contributed by atoms with van der Waals surface area (Å²) in [4.78, 5) is 16.6. The Morgan fingerprint density at radius 3 is 3.00 bits per heavy atom. The SMILES string of the molecule is CCCCC/C=C/COc1cccc(CC(=O)Nc2ccc3ncsc3c2)c1F. The molecule has 0 radical (unpaired) electrons. The van der Waals surface area contributed by atoms with Gasteiger partial charge in [0, 0.05) is 11.3 Å². The average molecular weight is 413 g/mol. The number of allylic oxidation sites excluding steroid dienone is 1. The molecule has 0 fully saturated rings. The van der Waals surface area contributed by atoms with Crippen LogP contribution in [0.15, 0.2) is 54.1 Å². The molecule has 152 valence electrons. The molecule has 0 saturated heterocycles. The summed E-state index contributed by atoms with van der Waals surface area (Å²) in [5, 5.41) is 2.82. The Bertz CT molecular complexity index is 984. The van der Waals surface area contributed by atoms with Crippen molar-refractivity contribution in [3.8, 4) is 5.75 Å². The van der Waals surface area contributed by atoms with Crippen molar-refractivity contribution in [3.63, 3.8) is 0 Å². The number of hydrogen-bond acceptors (Lipinski definition) is 4. The number of unbranched alkanes of at least 4 members (excludes halogenated alkanes) is 3. The van der Waals surface area contributed by atoms with Gasteiger partial charge in [-0.1, -0.05) is 44.1 Å². The second-order valence-electron chi connectivity index (χ2n) is 6.77. The van der Waals surface area contributed by atoms with Crippen LogP contribution in [0.1, 0.15) is 38.2 Å². The van der Waals surface area contributed by atoms with Crippen LogP contribution in [0, 0.1) is 5.82 Å². The van der Waals surface area contributed by atoms with Crippen molar-refractivity contribution in [1.82, 2.24) is 4.98 Å². The molecule has 3 aromatic rings. The van der Waals surface area contributed by atoms with Gasteiger partial charge in [0.2, 0.25) is 5.91 Å². The number of aromatic nitrogens is 1. The molecule has 0 atom stereocenters. The lowest BCUT2D eigenvalue weighted by atomic mass is 10.1. The number of amides is 1. The van der Waals surface area contributed by atoms with E-state index in [9.17, 15) is 9.18 Å². The zero-order valence-corrected chi connectivity index (χ0v) is 17.3. The maximum atomic E-state index is 14.7. The fourth-order valence-electron chi connectivity index (χ4n) is 2.95. The van der Waals surface area contributed by atoms with Gasteiger partial charge in [0.25, 0.3) is 0 Å². The zero-order valence-electron chi connectivity index (χ0n) is 16.5. The van der Waals surface area contributed by atoms with Crippen LogP contribution in [-0.4, -0.2) is 17.5 Å². The fraction of sp³-hybridized carbons (Fsp3) is 0.304. The molecule has 1 heterocycles. The first-order valence-corrected chi connectivity index (χ1v) is 10.7. The number of rotatable bonds is 10. The number of carbonyl (C=O) groups is 1. The lowest BCUT2D eigenvalue weighted by Gasteiger charge is -2.10. The fourth-order valence-corrected chi connectivity index (χ4v) is 3.67. The average Bonchev–Trinajstić information content (AvgIpc) is 3.17. The first kappa shape index (κ1) is 21.0. The second-order valence-corrected chi connectivity index (χ2v) is 7.65. The number of ether oxygens (including phenoxy) is 1. The third kappa shape index (κ3) is 6.12. The minimum Gasteiger partial charge on any atom is -0.486 e. The molecule has 0 aliphatic rings. The Kier molecular flexibility index (Phi) is 7.76. The van der Waals surface area contributed by atoms with Gasteiger partial charge in [0.1, 0.15) is 6.61 Å². The van der Waals surface area contributed by atoms with Crippen molar-refractivity contribution >= 4 is 33.1 Å². The molecule has 29 heavy (non-hydrogen) atoms. The van der Waals surface area contributed by atoms with Crippen molar-refractivity contribution in [3.05, 3.63) is 65.4 Å². The van der Waals surface area contributed by atoms with E-state index in [0.29, 0.717) is 17.9 Å². The van der Waals surface area contributed by atoms with Crippen LogP contribution >= 0.6 is 11.3 Å². The van der Waals surface area contributed by atoms with E-state index in [2.05, 4.69) is 23.3 Å². The summed E-state index contributed by atoms with van der Waals surface area (Å²) >= 11 is 1.51. The van der Waals surface area contributed by atoms with Crippen molar-refractivity contribution in [2.75, 3.05) is 11.9 Å². The summed E-state index contributed by atoms with van der Waals surface area (Å²) in [7, 11) is 0. The van der Waals surface area contributed by atoms with Gasteiger partial charge in [0.15, 0.2) is 11.6 Å². The van der Waals surface area contributed by atoms with Crippen LogP contribution in [0.25, 0.3) is 10.2 Å². The number of nitrogens with one attached hydrogen (secondary N) is 1. The molecular weight excluding hydrogens is 387 g/mol. The van der Waals surface area contributed by atoms with Crippen LogP contribution in [-0.2, 0) is 11.2 Å². The van der Waals surface area contributed by atoms with E-state index in [1.165, 1.54) is 24.2 Å². The van der Waals surface area contributed by atoms with Gasteiger partial charge < -0.3 is 10.1 Å². The van der Waals surface area contributed by atoms with Crippen LogP contribution < -0.4 is 10.1 Å². The lowest BCUT2D eigenvalue weighted by Crippen LogP contribution is -2.15. The molecular formula is C23H25FN2O2S. The number of benzene rings is 2. The highest BCUT2D eigenvalue weighted by atomic mass is 32.1. The van der Waals surface area contributed by atoms with E-state index in [-0.39, 0.29) is 18.1 Å². The summed E-state index contributed by atoms with van der Waals surface area (Å²) in [6, 6.07) is 10.4. The number of anilines is 1. The highest BCUT2D eigenvalue weighted by molar-refractivity contribution is 7.16. The normalized spacial score (nSPS) is 11.2. The van der Waals surface area contributed by atoms with Gasteiger partial charge >= 0.3 is 0 Å². The number of thiazole rings is 1. The molecule has 0 spiro atoms. The van der Waals surface area contributed by atoms with Crippen molar-refractivity contribution in [2.24, 2.45) is 0 Å². The summed E-state index contributed by atoms with van der Waals surface area (Å²) in [5.41, 5.74) is 3.64. The number of hydrogen-bond donors (Lipinski definition) is 1. The predicted molar refractivity (Wildman–Crippen MR) is 117 cm³/mol. The monoisotopic (exact) mass is 412 g/mol. The molecule has 1 aromatic heterocycles. The zero-order chi connectivity index (χ0) is 20.5. The quantitative estimate of drug-likeness (QED) is 0.322. The molecule has 4 nitrogen and oxygen atoms in total. The molecule has 0 saturated carbocycles. The standard InChI is InChI=1S/C23H25FN2O2S/c1-2-3-4-5-6-7-13-28-20-10-8-9-17(23(20)24)14-22(27)26-18-11-12-19-21(15-18)29-16-25-19/h6-12,15-16H,2-5,13-14H2,1H3,(H,26,27)/b7-6+. The van der Waals surface area contributed by atoms with Gasteiger partial charge in [-0.3, -0.25) is 4.79 Å². The van der Waals surface area contributed by atoms with Crippen molar-refractivity contribution in [1.29, 1.82) is 0 Å². The Hall–Kier alpha value is -2.73. The van der Waals surface area contributed by atoms with E-state index in [4.69, 9.17) is 4.74 Å². The van der Waals surface area contributed by atoms with Crippen LogP contribution in [0.5, 0.6) is 5.75 Å². The maximum Gasteiger partial charge on any atom is 0.228 e. The summed E-state index contributed by atoms with van der Waals surface area (Å²) < 4.78 is 21.2. The molecule has 0 aliphatic carbocycles. The first-order chi connectivity index (χ1) is 14.2. The predicted octanol–water partition coefficient (Wildman–Crippen LogP) is 6.13. The van der Waals surface area contributed by atoms with Crippen molar-refractivity contribution < 1.29 is 13.9 Å². The van der Waals surface area contributed by atoms with Gasteiger partial charge in [-0.15, -0.1) is 11.3 Å². The molecule has 6 heteroatoms. The van der Waals surface area contributed by atoms with Crippen molar-refractivity contribution in [2.45, 2.75) is 39.0 Å². The number of carbonyl (C=O) groups excluding carboxylic acids is 1. The minimum atomic E-state index is -0.486. The second kappa shape index (κ2) is 10.7. The third-order valence-electron chi connectivity index (χ3n) is 4.49. The molecule has 3 rings (SSSR count). The summed E-state index contributed by atoms with van der Waals surface area (Å²) in [6.07, 6.45) is 8.47. The van der Waals surface area contributed by atoms with E-state index in [1.807, 2.05) is 18.2 Å². The Morgan fingerprint density at radius 1 is 1.24 bits per heavy atom. The van der Waals surface area contributed by atoms with Crippen LogP contribution in [0.3, 0.4) is 0 Å². The van der Waals surface area contributed by atoms with E-state index in [0.717, 1.165) is 23.1 Å². The summed E-state index contributed by atoms with van der Waals surface area (Å²) in [5.74, 6) is -0.597. The molecule has 1 amide bonds. The molecule has 0 bridgehead atoms. The Labute approximate surface area is 174 Å². The van der Waals surface area contributed by atoms with Gasteiger partial charge in [-0.2, -0.15) is 0 Å². The van der Waals surface area contributed by atoms with Crippen LogP contribution in [0.2, 0.25) is 0 Å². The number of fused-ring (bicyclic) bond motifs is 1. The number of halogens is 1. The van der Waals surface area contributed by atoms with Gasteiger partial charge in [-0.05, 0) is 37.1 Å². The highest BCUT2D eigenvalue weighted by Gasteiger charge is 2.13. The molecule has 1 N–H and O–H groups in total. The van der Waals surface area contributed by atoms with Crippen LogP contribution in [0.4, 0.5) is 10.1 Å². The van der Waals surface area contributed by atoms with E-state index < -0.39 is 5.82 Å². The highest BCUT2D eigenvalue weighted by Crippen LogP contribution is 2.23. The first-order valence-electron chi connectivity index (χ1n) is 9.85. The van der Waals surface area contributed by atoms with Gasteiger partial charge in [0.05, 0.1) is 22.1 Å². The smallest absolute Gasteiger partial charge is 0.228 e. The molecule has 2 aromatic carbocycles. The third-order valence-corrected chi connectivity index (χ3v) is 5.28. The minimum absolute atomic E-state index is 0.0589. The number of nitrogens with zero attached hydrogens (tertiary/aromatic N) is 1. The van der Waals surface area contributed by atoms with Gasteiger partial charge in [-0.25, -0.2) is 9.37 Å². The molecule has 0 unspecified atom stereocenters. The van der Waals surface area contributed by atoms with E-state index >= 15 is 0 Å². The molecule has 0 aliphatic heterocycles.